The molecule has 0 amide bonds. The largest absolute Gasteiger partial charge is 0.505 e. The molecular formula is C11H12BrClF3NO3. The maximum atomic E-state index is 13.7. The Kier molecular flexibility index (Phi) is 7.32. The van der Waals surface area contributed by atoms with E-state index in [0.29, 0.717) is 0 Å². The number of phenolic OH excluding ortho intramolecular Hbond substituents is 1. The van der Waals surface area contributed by atoms with E-state index in [-0.39, 0.29) is 23.5 Å². The number of ether oxygens (including phenoxy) is 1. The van der Waals surface area contributed by atoms with Crippen molar-refractivity contribution in [1.29, 1.82) is 0 Å². The van der Waals surface area contributed by atoms with Gasteiger partial charge in [-0.15, -0.1) is 12.4 Å². The van der Waals surface area contributed by atoms with E-state index in [1.807, 2.05) is 0 Å². The second-order valence-electron chi connectivity index (χ2n) is 3.60. The van der Waals surface area contributed by atoms with Crippen LogP contribution in [0.5, 0.6) is 5.75 Å². The number of carbonyl (C=O) groups is 1. The van der Waals surface area contributed by atoms with Crippen LogP contribution < -0.4 is 5.73 Å². The van der Waals surface area contributed by atoms with Crippen molar-refractivity contribution in [2.45, 2.75) is 19.1 Å². The second kappa shape index (κ2) is 7.70. The maximum absolute atomic E-state index is 13.7. The molecular weight excluding hydrogens is 366 g/mol. The molecule has 0 fully saturated rings. The Bertz CT molecular complexity index is 504. The summed E-state index contributed by atoms with van der Waals surface area (Å²) in [7, 11) is 0. The number of hydrogen-bond donors (Lipinski definition) is 2. The third kappa shape index (κ3) is 3.77. The van der Waals surface area contributed by atoms with Crippen LogP contribution in [0.25, 0.3) is 0 Å². The minimum Gasteiger partial charge on any atom is -0.505 e. The molecule has 1 unspecified atom stereocenters. The normalized spacial score (nSPS) is 13.3. The zero-order valence-electron chi connectivity index (χ0n) is 10.2. The van der Waals surface area contributed by atoms with E-state index >= 15 is 0 Å². The molecule has 0 saturated carbocycles. The molecule has 9 heteroatoms. The number of phenols is 1. The van der Waals surface area contributed by atoms with E-state index in [9.17, 15) is 23.1 Å². The van der Waals surface area contributed by atoms with Crippen molar-refractivity contribution in [2.24, 2.45) is 5.73 Å². The number of alkyl halides is 1. The number of halogens is 5. The summed E-state index contributed by atoms with van der Waals surface area (Å²) in [6, 6.07) is -0.769. The van der Waals surface area contributed by atoms with E-state index in [4.69, 9.17) is 5.73 Å². The second-order valence-corrected chi connectivity index (χ2v) is 4.46. The van der Waals surface area contributed by atoms with Gasteiger partial charge in [-0.3, -0.25) is 0 Å². The lowest BCUT2D eigenvalue weighted by atomic mass is 10.0. The quantitative estimate of drug-likeness (QED) is 0.624. The molecule has 0 saturated heterocycles. The molecule has 0 aliphatic carbocycles. The fourth-order valence-corrected chi connectivity index (χ4v) is 1.80. The summed E-state index contributed by atoms with van der Waals surface area (Å²) in [5, 5.41) is 9.40. The molecule has 2 atom stereocenters. The molecule has 1 rings (SSSR count). The molecule has 4 nitrogen and oxygen atoms in total. The van der Waals surface area contributed by atoms with E-state index in [0.717, 1.165) is 6.07 Å². The summed E-state index contributed by atoms with van der Waals surface area (Å²) in [5.74, 6) is -5.29. The lowest BCUT2D eigenvalue weighted by Crippen LogP contribution is -2.31. The first-order valence-corrected chi connectivity index (χ1v) is 6.03. The van der Waals surface area contributed by atoms with Gasteiger partial charge >= 0.3 is 5.97 Å². The van der Waals surface area contributed by atoms with Gasteiger partial charge in [0, 0.05) is 5.56 Å². The van der Waals surface area contributed by atoms with Crippen LogP contribution in [0, 0.1) is 11.6 Å². The minimum absolute atomic E-state index is 0. The van der Waals surface area contributed by atoms with E-state index in [1.165, 1.54) is 6.92 Å². The summed E-state index contributed by atoms with van der Waals surface area (Å²) in [6.45, 7) is 1.42. The predicted octanol–water partition coefficient (Wildman–Crippen LogP) is 2.76. The van der Waals surface area contributed by atoms with E-state index in [1.54, 1.807) is 0 Å². The summed E-state index contributed by atoms with van der Waals surface area (Å²) in [6.07, 6.45) is -2.30. The van der Waals surface area contributed by atoms with Crippen LogP contribution in [0.3, 0.4) is 0 Å². The standard InChI is InChI=1S/C11H11BrF3NO3.ClH/c1-2-19-11(18)8(15)9(16)4-3-5(12)6(13)7(14)10(4)17;/h3,8-9,17H,2,16H2,1H3;1H/t8?,9-;/m1./s1. The molecule has 0 aliphatic rings. The Morgan fingerprint density at radius 3 is 2.55 bits per heavy atom. The van der Waals surface area contributed by atoms with Crippen LogP contribution in [0.15, 0.2) is 10.5 Å². The first kappa shape index (κ1) is 19.0. The summed E-state index contributed by atoms with van der Waals surface area (Å²) >= 11 is 2.70. The Labute approximate surface area is 127 Å². The smallest absolute Gasteiger partial charge is 0.342 e. The molecule has 3 N–H and O–H groups in total. The van der Waals surface area contributed by atoms with Crippen molar-refractivity contribution in [1.82, 2.24) is 0 Å². The highest BCUT2D eigenvalue weighted by Crippen LogP contribution is 2.34. The Hall–Kier alpha value is -0.990. The molecule has 1 aromatic carbocycles. The van der Waals surface area contributed by atoms with Crippen LogP contribution in [-0.2, 0) is 9.53 Å². The van der Waals surface area contributed by atoms with Gasteiger partial charge in [0.2, 0.25) is 12.0 Å². The average Bonchev–Trinajstić information content (AvgIpc) is 2.39. The lowest BCUT2D eigenvalue weighted by molar-refractivity contribution is -0.149. The third-order valence-electron chi connectivity index (χ3n) is 2.35. The van der Waals surface area contributed by atoms with Crippen molar-refractivity contribution in [3.63, 3.8) is 0 Å². The van der Waals surface area contributed by atoms with Gasteiger partial charge in [-0.2, -0.15) is 4.39 Å². The molecule has 114 valence electrons. The van der Waals surface area contributed by atoms with Gasteiger partial charge in [-0.25, -0.2) is 13.6 Å². The van der Waals surface area contributed by atoms with Gasteiger partial charge in [-0.1, -0.05) is 0 Å². The number of carbonyl (C=O) groups excluding carboxylic acids is 1. The molecule has 0 aliphatic heterocycles. The zero-order chi connectivity index (χ0) is 14.7. The van der Waals surface area contributed by atoms with Crippen LogP contribution in [0.2, 0.25) is 0 Å². The first-order chi connectivity index (χ1) is 8.81. The summed E-state index contributed by atoms with van der Waals surface area (Å²) in [5.41, 5.74) is 4.97. The van der Waals surface area contributed by atoms with Crippen LogP contribution >= 0.6 is 28.3 Å². The van der Waals surface area contributed by atoms with Crippen molar-refractivity contribution >= 4 is 34.3 Å². The topological polar surface area (TPSA) is 72.5 Å². The van der Waals surface area contributed by atoms with Crippen molar-refractivity contribution < 1.29 is 27.8 Å². The highest BCUT2D eigenvalue weighted by atomic mass is 79.9. The highest BCUT2D eigenvalue weighted by molar-refractivity contribution is 9.10. The van der Waals surface area contributed by atoms with Gasteiger partial charge in [0.1, 0.15) is 0 Å². The Balaban J connectivity index is 0.00000361. The number of rotatable bonds is 4. The monoisotopic (exact) mass is 377 g/mol. The van der Waals surface area contributed by atoms with Crippen molar-refractivity contribution in [2.75, 3.05) is 6.61 Å². The lowest BCUT2D eigenvalue weighted by Gasteiger charge is -2.17. The van der Waals surface area contributed by atoms with Crippen molar-refractivity contribution in [3.05, 3.63) is 27.7 Å². The fourth-order valence-electron chi connectivity index (χ4n) is 1.38. The molecule has 0 radical (unpaired) electrons. The third-order valence-corrected chi connectivity index (χ3v) is 2.93. The van der Waals surface area contributed by atoms with E-state index < -0.39 is 41.1 Å². The molecule has 0 aromatic heterocycles. The van der Waals surface area contributed by atoms with Gasteiger partial charge in [-0.05, 0) is 28.9 Å². The molecule has 20 heavy (non-hydrogen) atoms. The predicted molar refractivity (Wildman–Crippen MR) is 71.4 cm³/mol. The summed E-state index contributed by atoms with van der Waals surface area (Å²) in [4.78, 5) is 11.2. The highest BCUT2D eigenvalue weighted by Gasteiger charge is 2.31. The van der Waals surface area contributed by atoms with Crippen molar-refractivity contribution in [3.8, 4) is 5.75 Å². The number of nitrogens with two attached hydrogens (primary N) is 1. The van der Waals surface area contributed by atoms with Crippen LogP contribution in [0.1, 0.15) is 18.5 Å². The van der Waals surface area contributed by atoms with Gasteiger partial charge in [0.25, 0.3) is 0 Å². The van der Waals surface area contributed by atoms with E-state index in [2.05, 4.69) is 20.7 Å². The minimum atomic E-state index is -2.30. The first-order valence-electron chi connectivity index (χ1n) is 5.23. The van der Waals surface area contributed by atoms with Gasteiger partial charge < -0.3 is 15.6 Å². The molecule has 0 heterocycles. The SMILES string of the molecule is CCOC(=O)C(F)[C@H](N)c1cc(Br)c(F)c(F)c1O.Cl. The number of aromatic hydroxyl groups is 1. The molecule has 0 spiro atoms. The zero-order valence-corrected chi connectivity index (χ0v) is 12.6. The number of hydrogen-bond acceptors (Lipinski definition) is 4. The number of esters is 1. The van der Waals surface area contributed by atoms with Gasteiger partial charge in [0.05, 0.1) is 17.1 Å². The van der Waals surface area contributed by atoms with Gasteiger partial charge in [0.15, 0.2) is 11.6 Å². The fraction of sp³-hybridized carbons (Fsp3) is 0.364. The van der Waals surface area contributed by atoms with Crippen LogP contribution in [-0.4, -0.2) is 23.9 Å². The maximum Gasteiger partial charge on any atom is 0.342 e. The Morgan fingerprint density at radius 2 is 2.05 bits per heavy atom. The number of benzene rings is 1. The average molecular weight is 379 g/mol. The summed E-state index contributed by atoms with van der Waals surface area (Å²) < 4.78 is 44.1. The molecule has 0 bridgehead atoms. The molecule has 1 aromatic rings. The Morgan fingerprint density at radius 1 is 1.50 bits per heavy atom. The van der Waals surface area contributed by atoms with Crippen LogP contribution in [0.4, 0.5) is 13.2 Å².